The van der Waals surface area contributed by atoms with Crippen LogP contribution in [0.3, 0.4) is 0 Å². The molecular formula is C35H35F2N5O4S. The molecular weight excluding hydrogens is 624 g/mol. The van der Waals surface area contributed by atoms with Crippen LogP contribution >= 0.6 is 12.6 Å². The molecule has 9 nitrogen and oxygen atoms in total. The molecule has 2 aromatic heterocycles. The van der Waals surface area contributed by atoms with Gasteiger partial charge in [0.05, 0.1) is 51.9 Å². The van der Waals surface area contributed by atoms with Gasteiger partial charge in [-0.15, -0.1) is 0 Å². The van der Waals surface area contributed by atoms with Crippen molar-refractivity contribution in [3.8, 4) is 16.9 Å². The van der Waals surface area contributed by atoms with E-state index in [4.69, 9.17) is 28.1 Å². The number of thiol groups is 1. The van der Waals surface area contributed by atoms with Crippen molar-refractivity contribution in [1.29, 1.82) is 0 Å². The number of aromatic nitrogens is 2. The van der Waals surface area contributed by atoms with Gasteiger partial charge in [0.15, 0.2) is 6.61 Å². The molecule has 0 aliphatic carbocycles. The molecule has 3 amide bonds. The number of amides is 3. The van der Waals surface area contributed by atoms with E-state index >= 15 is 0 Å². The van der Waals surface area contributed by atoms with Gasteiger partial charge in [-0.1, -0.05) is 37.6 Å². The van der Waals surface area contributed by atoms with Gasteiger partial charge in [0.1, 0.15) is 17.4 Å². The third kappa shape index (κ3) is 7.27. The predicted molar refractivity (Wildman–Crippen MR) is 177 cm³/mol. The Bertz CT molecular complexity index is 1810. The minimum atomic E-state index is -0.698. The molecule has 0 fully saturated rings. The van der Waals surface area contributed by atoms with E-state index < -0.39 is 17.0 Å². The van der Waals surface area contributed by atoms with Crippen LogP contribution in [0.5, 0.6) is 5.75 Å². The van der Waals surface area contributed by atoms with E-state index in [1.807, 2.05) is 27.7 Å². The second kappa shape index (κ2) is 13.9. The van der Waals surface area contributed by atoms with Gasteiger partial charge in [-0.05, 0) is 68.1 Å². The topological polar surface area (TPSA) is 128 Å². The van der Waals surface area contributed by atoms with Gasteiger partial charge in [0.2, 0.25) is 0 Å². The smallest absolute Gasteiger partial charge is 0.265 e. The molecule has 2 aliphatic rings. The molecule has 4 aromatic rings. The molecule has 0 bridgehead atoms. The Morgan fingerprint density at radius 2 is 1.79 bits per heavy atom. The number of carbonyl (C=O) groups excluding carboxylic acids is 3. The van der Waals surface area contributed by atoms with Crippen LogP contribution < -0.4 is 20.7 Å². The number of hydrogen-bond acceptors (Lipinski definition) is 7. The van der Waals surface area contributed by atoms with Crippen LogP contribution in [0.1, 0.15) is 69.4 Å². The fourth-order valence-corrected chi connectivity index (χ4v) is 5.77. The number of anilines is 1. The number of hydrogen-bond donors (Lipinski definition) is 3. The third-order valence-corrected chi connectivity index (χ3v) is 8.49. The van der Waals surface area contributed by atoms with Crippen molar-refractivity contribution in [1.82, 2.24) is 15.3 Å². The summed E-state index contributed by atoms with van der Waals surface area (Å²) in [6.07, 6.45) is 1.57. The monoisotopic (exact) mass is 659 g/mol. The number of benzene rings is 2. The number of nitrogens with zero attached hydrogens (tertiary/aromatic N) is 3. The lowest BCUT2D eigenvalue weighted by Gasteiger charge is -2.32. The number of aryl methyl sites for hydroxylation is 1. The molecule has 6 rings (SSSR count). The minimum Gasteiger partial charge on any atom is -0.482 e. The molecule has 0 spiro atoms. The number of primary amides is 1. The summed E-state index contributed by atoms with van der Waals surface area (Å²) < 4.78 is 31.2. The number of rotatable bonds is 6. The highest BCUT2D eigenvalue weighted by Gasteiger charge is 2.37. The van der Waals surface area contributed by atoms with Crippen LogP contribution in [0, 0.1) is 24.5 Å². The summed E-state index contributed by atoms with van der Waals surface area (Å²) in [7, 11) is 0. The number of nitrogens with two attached hydrogens (primary N) is 1. The minimum absolute atomic E-state index is 0.117. The number of ether oxygens (including phenoxy) is 1. The maximum atomic E-state index is 13.3. The Labute approximate surface area is 277 Å². The van der Waals surface area contributed by atoms with Gasteiger partial charge < -0.3 is 15.8 Å². The lowest BCUT2D eigenvalue weighted by atomic mass is 9.86. The molecule has 2 aromatic carbocycles. The average molecular weight is 660 g/mol. The van der Waals surface area contributed by atoms with Crippen LogP contribution in [-0.2, 0) is 17.8 Å². The zero-order chi connectivity index (χ0) is 34.0. The number of nitrogens with one attached hydrogen (secondary N) is 1. The SMILES string of the molecule is CC(C)Cc1nc2c(c(-c3ccc4c(c3)OCC(=O)N4Cc3ccc(F)cn3)c1C(N)=O)C(=O)NC(C)C2S.Cc1ccc(F)cc1. The van der Waals surface area contributed by atoms with E-state index in [-0.39, 0.29) is 53.9 Å². The first-order chi connectivity index (χ1) is 22.3. The molecule has 0 radical (unpaired) electrons. The van der Waals surface area contributed by atoms with Gasteiger partial charge in [0, 0.05) is 11.6 Å². The van der Waals surface area contributed by atoms with Crippen LogP contribution in [0.15, 0.2) is 60.8 Å². The summed E-state index contributed by atoms with van der Waals surface area (Å²) in [5.41, 5.74) is 10.3. The highest BCUT2D eigenvalue weighted by molar-refractivity contribution is 7.80. The summed E-state index contributed by atoms with van der Waals surface area (Å²) >= 11 is 4.72. The molecule has 3 N–H and O–H groups in total. The van der Waals surface area contributed by atoms with E-state index in [9.17, 15) is 23.2 Å². The Morgan fingerprint density at radius 1 is 1.09 bits per heavy atom. The van der Waals surface area contributed by atoms with E-state index in [1.54, 1.807) is 30.3 Å². The quantitative estimate of drug-likeness (QED) is 0.227. The molecule has 4 heterocycles. The Morgan fingerprint density at radius 3 is 2.40 bits per heavy atom. The van der Waals surface area contributed by atoms with E-state index in [0.29, 0.717) is 46.1 Å². The van der Waals surface area contributed by atoms with Crippen molar-refractivity contribution >= 4 is 36.0 Å². The zero-order valence-corrected chi connectivity index (χ0v) is 27.3. The number of pyridine rings is 2. The van der Waals surface area contributed by atoms with Crippen molar-refractivity contribution in [2.24, 2.45) is 11.7 Å². The number of carbonyl (C=O) groups is 3. The molecule has 2 atom stereocenters. The van der Waals surface area contributed by atoms with Gasteiger partial charge in [-0.2, -0.15) is 12.6 Å². The average Bonchev–Trinajstić information content (AvgIpc) is 3.02. The van der Waals surface area contributed by atoms with E-state index in [1.165, 1.54) is 29.2 Å². The first-order valence-corrected chi connectivity index (χ1v) is 15.6. The standard InChI is InChI=1S/C28H28FN5O4S.C7H7F/c1-13(2)8-18-23(27(30)36)22(24-25(33-18)26(39)14(3)32-28(24)37)15-4-7-19-20(9-15)38-12-21(35)34(19)11-17-6-5-16(29)10-31-17;1-6-2-4-7(8)5-3-6/h4-7,9-10,13-14,26,39H,8,11-12H2,1-3H3,(H2,30,36)(H,32,37);2-5H,1H3. The molecule has 2 unspecified atom stereocenters. The number of fused-ring (bicyclic) bond motifs is 2. The number of halogens is 2. The van der Waals surface area contributed by atoms with E-state index in [2.05, 4.69) is 10.3 Å². The van der Waals surface area contributed by atoms with Crippen LogP contribution in [0.25, 0.3) is 11.1 Å². The third-order valence-electron chi connectivity index (χ3n) is 7.80. The van der Waals surface area contributed by atoms with Gasteiger partial charge in [-0.25, -0.2) is 8.78 Å². The van der Waals surface area contributed by atoms with Crippen molar-refractivity contribution < 1.29 is 27.9 Å². The lowest BCUT2D eigenvalue weighted by Crippen LogP contribution is -2.42. The first kappa shape index (κ1) is 33.5. The predicted octanol–water partition coefficient (Wildman–Crippen LogP) is 5.74. The maximum absolute atomic E-state index is 13.3. The molecule has 0 saturated heterocycles. The summed E-state index contributed by atoms with van der Waals surface area (Å²) in [5.74, 6) is -1.45. The Hall–Kier alpha value is -4.84. The van der Waals surface area contributed by atoms with Crippen LogP contribution in [0.4, 0.5) is 14.5 Å². The fraction of sp³-hybridized carbons (Fsp3) is 0.286. The highest BCUT2D eigenvalue weighted by atomic mass is 32.1. The van der Waals surface area contributed by atoms with Gasteiger partial charge in [-0.3, -0.25) is 29.3 Å². The fourth-order valence-electron chi connectivity index (χ4n) is 5.51. The maximum Gasteiger partial charge on any atom is 0.265 e. The highest BCUT2D eigenvalue weighted by Crippen LogP contribution is 2.43. The van der Waals surface area contributed by atoms with Crippen molar-refractivity contribution in [2.75, 3.05) is 11.5 Å². The molecule has 244 valence electrons. The zero-order valence-electron chi connectivity index (χ0n) is 26.4. The van der Waals surface area contributed by atoms with Crippen LogP contribution in [-0.4, -0.2) is 40.3 Å². The Balaban J connectivity index is 0.000000474. The summed E-state index contributed by atoms with van der Waals surface area (Å²) in [6.45, 7) is 7.69. The largest absolute Gasteiger partial charge is 0.482 e. The van der Waals surface area contributed by atoms with Gasteiger partial charge >= 0.3 is 0 Å². The molecule has 12 heteroatoms. The normalized spacial score (nSPS) is 16.8. The lowest BCUT2D eigenvalue weighted by molar-refractivity contribution is -0.121. The molecule has 2 aliphatic heterocycles. The summed E-state index contributed by atoms with van der Waals surface area (Å²) in [5, 5.41) is 2.51. The summed E-state index contributed by atoms with van der Waals surface area (Å²) in [4.78, 5) is 49.2. The summed E-state index contributed by atoms with van der Waals surface area (Å²) in [6, 6.07) is 14.0. The first-order valence-electron chi connectivity index (χ1n) is 15.1. The van der Waals surface area contributed by atoms with E-state index in [0.717, 1.165) is 11.8 Å². The van der Waals surface area contributed by atoms with Gasteiger partial charge in [0.25, 0.3) is 17.7 Å². The molecule has 47 heavy (non-hydrogen) atoms. The Kier molecular flexibility index (Phi) is 9.90. The van der Waals surface area contributed by atoms with Crippen molar-refractivity contribution in [3.05, 3.63) is 106 Å². The van der Waals surface area contributed by atoms with Crippen molar-refractivity contribution in [3.63, 3.8) is 0 Å². The second-order valence-electron chi connectivity index (χ2n) is 12.0. The van der Waals surface area contributed by atoms with Crippen molar-refractivity contribution in [2.45, 2.75) is 52.0 Å². The molecule has 0 saturated carbocycles. The second-order valence-corrected chi connectivity index (χ2v) is 12.5. The van der Waals surface area contributed by atoms with Crippen LogP contribution in [0.2, 0.25) is 0 Å².